The average Bonchev–Trinajstić information content (AvgIpc) is 3.17. The van der Waals surface area contributed by atoms with E-state index in [4.69, 9.17) is 9.47 Å². The molecule has 0 radical (unpaired) electrons. The molecule has 11 heteroatoms. The molecular formula is C21H26N6O3S2. The van der Waals surface area contributed by atoms with E-state index in [9.17, 15) is 4.79 Å². The zero-order valence-electron chi connectivity index (χ0n) is 18.7. The Hall–Kier alpha value is -2.79. The van der Waals surface area contributed by atoms with Gasteiger partial charge in [-0.2, -0.15) is 0 Å². The molecule has 170 valence electrons. The molecule has 0 fully saturated rings. The normalized spacial score (nSPS) is 10.8. The fourth-order valence-electron chi connectivity index (χ4n) is 2.96. The number of anilines is 1. The fourth-order valence-corrected chi connectivity index (χ4v) is 4.67. The van der Waals surface area contributed by atoms with E-state index in [1.165, 1.54) is 23.5 Å². The third-order valence-corrected chi connectivity index (χ3v) is 6.23. The molecule has 3 aromatic rings. The van der Waals surface area contributed by atoms with Crippen LogP contribution in [0.5, 0.6) is 11.5 Å². The Labute approximate surface area is 195 Å². The second-order valence-corrected chi connectivity index (χ2v) is 8.65. The van der Waals surface area contributed by atoms with E-state index in [0.717, 1.165) is 22.4 Å². The van der Waals surface area contributed by atoms with Crippen LogP contribution in [-0.4, -0.2) is 50.6 Å². The van der Waals surface area contributed by atoms with E-state index in [1.54, 1.807) is 32.4 Å². The number of rotatable bonds is 10. The maximum atomic E-state index is 12.5. The highest BCUT2D eigenvalue weighted by atomic mass is 32.2. The summed E-state index contributed by atoms with van der Waals surface area (Å²) < 4.78 is 12.5. The molecule has 2 heterocycles. The third kappa shape index (κ3) is 6.13. The van der Waals surface area contributed by atoms with Gasteiger partial charge in [0, 0.05) is 24.0 Å². The van der Waals surface area contributed by atoms with Gasteiger partial charge >= 0.3 is 0 Å². The summed E-state index contributed by atoms with van der Waals surface area (Å²) >= 11 is 2.86. The van der Waals surface area contributed by atoms with E-state index in [2.05, 4.69) is 25.5 Å². The van der Waals surface area contributed by atoms with Crippen molar-refractivity contribution in [2.24, 2.45) is 0 Å². The molecule has 1 amide bonds. The smallest absolute Gasteiger partial charge is 0.234 e. The summed E-state index contributed by atoms with van der Waals surface area (Å²) in [6, 6.07) is 7.18. The van der Waals surface area contributed by atoms with E-state index in [-0.39, 0.29) is 11.7 Å². The summed E-state index contributed by atoms with van der Waals surface area (Å²) in [5.41, 5.74) is 2.46. The Kier molecular flexibility index (Phi) is 8.34. The third-order valence-electron chi connectivity index (χ3n) is 4.42. The second kappa shape index (κ2) is 11.2. The van der Waals surface area contributed by atoms with Gasteiger partial charge in [-0.3, -0.25) is 4.79 Å². The molecule has 0 unspecified atom stereocenters. The van der Waals surface area contributed by atoms with Crippen molar-refractivity contribution >= 4 is 35.1 Å². The maximum absolute atomic E-state index is 12.5. The predicted molar refractivity (Wildman–Crippen MR) is 126 cm³/mol. The number of carbonyl (C=O) groups excluding carboxylic acids is 1. The number of benzene rings is 1. The molecule has 0 aliphatic heterocycles. The molecule has 0 atom stereocenters. The van der Waals surface area contributed by atoms with Crippen LogP contribution in [0.15, 0.2) is 34.6 Å². The Morgan fingerprint density at radius 1 is 1.06 bits per heavy atom. The minimum atomic E-state index is -0.163. The molecule has 32 heavy (non-hydrogen) atoms. The first-order valence-corrected chi connectivity index (χ1v) is 11.9. The van der Waals surface area contributed by atoms with Crippen LogP contribution in [0.1, 0.15) is 24.1 Å². The van der Waals surface area contributed by atoms with Crippen molar-refractivity contribution < 1.29 is 14.3 Å². The molecule has 1 N–H and O–H groups in total. The number of amides is 1. The first kappa shape index (κ1) is 23.9. The predicted octanol–water partition coefficient (Wildman–Crippen LogP) is 3.75. The molecule has 0 bridgehead atoms. The molecule has 0 aliphatic carbocycles. The number of carbonyl (C=O) groups is 1. The molecule has 0 aliphatic rings. The van der Waals surface area contributed by atoms with Crippen molar-refractivity contribution in [2.75, 3.05) is 25.3 Å². The van der Waals surface area contributed by atoms with E-state index >= 15 is 0 Å². The summed E-state index contributed by atoms with van der Waals surface area (Å²) in [6.07, 6.45) is 0. The first-order valence-electron chi connectivity index (χ1n) is 9.95. The second-order valence-electron chi connectivity index (χ2n) is 6.77. The van der Waals surface area contributed by atoms with E-state index < -0.39 is 0 Å². The lowest BCUT2D eigenvalue weighted by molar-refractivity contribution is -0.113. The maximum Gasteiger partial charge on any atom is 0.234 e. The highest BCUT2D eigenvalue weighted by Crippen LogP contribution is 2.29. The van der Waals surface area contributed by atoms with Crippen molar-refractivity contribution in [3.8, 4) is 11.5 Å². The number of hydrogen-bond acceptors (Lipinski definition) is 9. The molecule has 9 nitrogen and oxygen atoms in total. The number of aryl methyl sites for hydroxylation is 2. The average molecular weight is 475 g/mol. The van der Waals surface area contributed by atoms with Crippen molar-refractivity contribution in [3.63, 3.8) is 0 Å². The minimum absolute atomic E-state index is 0.163. The summed E-state index contributed by atoms with van der Waals surface area (Å²) in [4.78, 5) is 21.4. The van der Waals surface area contributed by atoms with Gasteiger partial charge in [0.2, 0.25) is 5.91 Å². The lowest BCUT2D eigenvalue weighted by Crippen LogP contribution is -2.15. The van der Waals surface area contributed by atoms with Crippen LogP contribution in [0, 0.1) is 13.8 Å². The molecule has 0 saturated carbocycles. The molecule has 3 rings (SSSR count). The quantitative estimate of drug-likeness (QED) is 0.347. The highest BCUT2D eigenvalue weighted by Gasteiger charge is 2.15. The van der Waals surface area contributed by atoms with E-state index in [1.807, 2.05) is 31.4 Å². The van der Waals surface area contributed by atoms with Crippen LogP contribution in [0.4, 0.5) is 5.69 Å². The lowest BCUT2D eigenvalue weighted by atomic mass is 10.2. The minimum Gasteiger partial charge on any atom is -0.497 e. The Morgan fingerprint density at radius 3 is 2.47 bits per heavy atom. The lowest BCUT2D eigenvalue weighted by Gasteiger charge is -2.11. The molecular weight excluding hydrogens is 448 g/mol. The number of hydrogen-bond donors (Lipinski definition) is 1. The number of nitrogens with one attached hydrogen (secondary N) is 1. The van der Waals surface area contributed by atoms with Crippen LogP contribution in [0.3, 0.4) is 0 Å². The van der Waals surface area contributed by atoms with Crippen molar-refractivity contribution in [3.05, 3.63) is 41.5 Å². The van der Waals surface area contributed by atoms with Gasteiger partial charge in [0.1, 0.15) is 17.3 Å². The number of ether oxygens (including phenoxy) is 2. The van der Waals surface area contributed by atoms with Gasteiger partial charge in [-0.25, -0.2) is 9.97 Å². The van der Waals surface area contributed by atoms with Gasteiger partial charge in [0.25, 0.3) is 0 Å². The molecule has 2 aromatic heterocycles. The van der Waals surface area contributed by atoms with E-state index in [0.29, 0.717) is 34.6 Å². The van der Waals surface area contributed by atoms with Gasteiger partial charge in [0.15, 0.2) is 10.3 Å². The van der Waals surface area contributed by atoms with Gasteiger partial charge in [-0.1, -0.05) is 23.5 Å². The number of aromatic nitrogens is 5. The SMILES string of the molecule is CCn1c(CSc2nc(C)cc(C)n2)nnc1SCC(=O)Nc1ccc(OC)cc1OC. The van der Waals surface area contributed by atoms with Crippen molar-refractivity contribution in [1.29, 1.82) is 0 Å². The number of thioether (sulfide) groups is 2. The van der Waals surface area contributed by atoms with Crippen molar-refractivity contribution in [1.82, 2.24) is 24.7 Å². The van der Waals surface area contributed by atoms with Crippen LogP contribution in [-0.2, 0) is 17.1 Å². The molecule has 1 aromatic carbocycles. The fraction of sp³-hybridized carbons (Fsp3) is 0.381. The molecule has 0 saturated heterocycles. The summed E-state index contributed by atoms with van der Waals surface area (Å²) in [5, 5.41) is 12.9. The Bertz CT molecular complexity index is 1070. The van der Waals surface area contributed by atoms with Crippen LogP contribution >= 0.6 is 23.5 Å². The first-order chi connectivity index (χ1) is 15.4. The summed E-state index contributed by atoms with van der Waals surface area (Å²) in [7, 11) is 3.13. The highest BCUT2D eigenvalue weighted by molar-refractivity contribution is 7.99. The largest absolute Gasteiger partial charge is 0.497 e. The number of methoxy groups -OCH3 is 2. The monoisotopic (exact) mass is 474 g/mol. The van der Waals surface area contributed by atoms with Gasteiger partial charge in [-0.05, 0) is 39.0 Å². The number of nitrogens with zero attached hydrogens (tertiary/aromatic N) is 5. The zero-order valence-corrected chi connectivity index (χ0v) is 20.3. The Balaban J connectivity index is 1.60. The van der Waals surface area contributed by atoms with Crippen LogP contribution < -0.4 is 14.8 Å². The summed E-state index contributed by atoms with van der Waals surface area (Å²) in [5.74, 6) is 2.64. The topological polar surface area (TPSA) is 104 Å². The Morgan fingerprint density at radius 2 is 1.81 bits per heavy atom. The summed E-state index contributed by atoms with van der Waals surface area (Å²) in [6.45, 7) is 6.63. The van der Waals surface area contributed by atoms with Gasteiger partial charge in [-0.15, -0.1) is 10.2 Å². The zero-order chi connectivity index (χ0) is 23.1. The van der Waals surface area contributed by atoms with Crippen molar-refractivity contribution in [2.45, 2.75) is 43.4 Å². The van der Waals surface area contributed by atoms with Gasteiger partial charge in [0.05, 0.1) is 31.4 Å². The van der Waals surface area contributed by atoms with Crippen LogP contribution in [0.2, 0.25) is 0 Å². The standard InChI is InChI=1S/C21H26N6O3S2/c1-6-27-18(11-31-20-22-13(2)9-14(3)23-20)25-26-21(27)32-12-19(28)24-16-8-7-15(29-4)10-17(16)30-5/h7-10H,6,11-12H2,1-5H3,(H,24,28). The van der Waals surface area contributed by atoms with Crippen LogP contribution in [0.25, 0.3) is 0 Å². The molecule has 0 spiro atoms. The van der Waals surface area contributed by atoms with Gasteiger partial charge < -0.3 is 19.4 Å².